The quantitative estimate of drug-likeness (QED) is 0.0356. The van der Waals surface area contributed by atoms with Gasteiger partial charge in [0.1, 0.15) is 11.6 Å². The zero-order chi connectivity index (χ0) is 27.7. The number of benzene rings is 1. The minimum Gasteiger partial charge on any atom is -0.515 e. The van der Waals surface area contributed by atoms with E-state index in [1.54, 1.807) is 25.3 Å². The van der Waals surface area contributed by atoms with Crippen LogP contribution in [0.4, 0.5) is 17.6 Å². The molecule has 1 aromatic carbocycles. The molecule has 1 aromatic rings. The van der Waals surface area contributed by atoms with Crippen LogP contribution in [0.25, 0.3) is 5.70 Å². The molecule has 0 spiro atoms. The lowest BCUT2D eigenvalue weighted by atomic mass is 10.00. The summed E-state index contributed by atoms with van der Waals surface area (Å²) in [5.74, 6) is 4.34. The summed E-state index contributed by atoms with van der Waals surface area (Å²) in [4.78, 5) is 0. The Balaban J connectivity index is 1.80. The first kappa shape index (κ1) is 28.5. The molecule has 0 atom stereocenters. The summed E-state index contributed by atoms with van der Waals surface area (Å²) in [7, 11) is 1.60. The molecule has 3 rings (SSSR count). The van der Waals surface area contributed by atoms with Crippen molar-refractivity contribution < 1.29 is 27.4 Å². The standard InChI is InChI=1S/C25H31F4N7O2/c1-32-23(18-8-7-17(13-21(18)26)38-12-4-2-3-10-25(27,28)29)14-19(20(15-37)24(30)33-35-31)22-9-11-36(34-22)16-5-6-16/h7-9,11,13-16,32,34,37H,2-6,10,12H2,1H3,(H3,30,31,33)/b20-15?,22-19?,23-14-. The van der Waals surface area contributed by atoms with Crippen molar-refractivity contribution in [3.63, 3.8) is 0 Å². The minimum atomic E-state index is -4.17. The third-order valence-corrected chi connectivity index (χ3v) is 5.88. The molecule has 1 aliphatic heterocycles. The predicted molar refractivity (Wildman–Crippen MR) is 135 cm³/mol. The van der Waals surface area contributed by atoms with Gasteiger partial charge in [0, 0.05) is 48.6 Å². The number of nitrogens with two attached hydrogens (primary N) is 1. The number of hydrazine groups is 1. The third kappa shape index (κ3) is 7.98. The van der Waals surface area contributed by atoms with Crippen LogP contribution in [0.1, 0.15) is 44.1 Å². The average molecular weight is 538 g/mol. The van der Waals surface area contributed by atoms with Crippen molar-refractivity contribution in [2.75, 3.05) is 13.7 Å². The van der Waals surface area contributed by atoms with Gasteiger partial charge in [-0.1, -0.05) is 5.22 Å². The van der Waals surface area contributed by atoms with E-state index in [1.165, 1.54) is 12.1 Å². The van der Waals surface area contributed by atoms with Gasteiger partial charge in [-0.15, -0.1) is 5.11 Å². The van der Waals surface area contributed by atoms with Crippen LogP contribution < -0.4 is 21.3 Å². The Morgan fingerprint density at radius 3 is 2.68 bits per heavy atom. The number of rotatable bonds is 12. The van der Waals surface area contributed by atoms with Gasteiger partial charge in [-0.2, -0.15) is 13.2 Å². The fourth-order valence-corrected chi connectivity index (χ4v) is 3.78. The molecule has 1 fully saturated rings. The van der Waals surface area contributed by atoms with Gasteiger partial charge in [-0.25, -0.2) is 4.39 Å². The molecule has 206 valence electrons. The molecule has 38 heavy (non-hydrogen) atoms. The van der Waals surface area contributed by atoms with E-state index < -0.39 is 24.2 Å². The summed E-state index contributed by atoms with van der Waals surface area (Å²) in [6.45, 7) is 0.166. The largest absolute Gasteiger partial charge is 0.515 e. The van der Waals surface area contributed by atoms with Crippen LogP contribution in [-0.2, 0) is 0 Å². The van der Waals surface area contributed by atoms with E-state index in [0.717, 1.165) is 12.8 Å². The molecule has 2 aliphatic rings. The van der Waals surface area contributed by atoms with Crippen LogP contribution in [-0.4, -0.2) is 41.8 Å². The molecule has 0 amide bonds. The fraction of sp³-hybridized carbons (Fsp3) is 0.400. The number of amidine groups is 1. The van der Waals surface area contributed by atoms with Crippen molar-refractivity contribution in [1.82, 2.24) is 15.8 Å². The number of aliphatic hydroxyl groups is 1. The number of alkyl halides is 3. The summed E-state index contributed by atoms with van der Waals surface area (Å²) in [6, 6.07) is 4.60. The lowest BCUT2D eigenvalue weighted by molar-refractivity contribution is -0.135. The van der Waals surface area contributed by atoms with Gasteiger partial charge in [0.25, 0.3) is 0 Å². The van der Waals surface area contributed by atoms with Crippen LogP contribution in [0.5, 0.6) is 5.75 Å². The Kier molecular flexibility index (Phi) is 9.74. The van der Waals surface area contributed by atoms with Gasteiger partial charge in [-0.3, -0.25) is 15.8 Å². The summed E-state index contributed by atoms with van der Waals surface area (Å²) in [5.41, 5.74) is 4.63. The maximum absolute atomic E-state index is 15.1. The molecule has 1 saturated carbocycles. The number of hydrogen-bond donors (Lipinski definition) is 5. The first-order valence-corrected chi connectivity index (χ1v) is 12.1. The Hall–Kier alpha value is -4.03. The fourth-order valence-electron chi connectivity index (χ4n) is 3.78. The maximum atomic E-state index is 15.1. The number of allylic oxidation sites excluding steroid dienone is 2. The number of ether oxygens (including phenoxy) is 1. The zero-order valence-corrected chi connectivity index (χ0v) is 20.9. The van der Waals surface area contributed by atoms with Crippen molar-refractivity contribution in [3.05, 3.63) is 71.0 Å². The second-order valence-electron chi connectivity index (χ2n) is 8.72. The molecule has 0 aromatic heterocycles. The molecular formula is C25H31F4N7O2. The third-order valence-electron chi connectivity index (χ3n) is 5.88. The lowest BCUT2D eigenvalue weighted by Crippen LogP contribution is -2.30. The van der Waals surface area contributed by atoms with E-state index in [9.17, 15) is 18.3 Å². The van der Waals surface area contributed by atoms with Gasteiger partial charge >= 0.3 is 6.18 Å². The highest BCUT2D eigenvalue weighted by molar-refractivity contribution is 6.01. The highest BCUT2D eigenvalue weighted by atomic mass is 19.4. The summed E-state index contributed by atoms with van der Waals surface area (Å²) in [5, 5.41) is 29.5. The van der Waals surface area contributed by atoms with Crippen molar-refractivity contribution >= 4 is 11.5 Å². The summed E-state index contributed by atoms with van der Waals surface area (Å²) in [6.07, 6.45) is 3.74. The van der Waals surface area contributed by atoms with Crippen LogP contribution in [0.2, 0.25) is 0 Å². The SMILES string of the molecule is CN/C(=C\C(C(=CO)C(=N)N=NN)=C1C=CN(C2CC2)N1)c1ccc(OCCCCCC(F)(F)F)cc1F. The van der Waals surface area contributed by atoms with Crippen LogP contribution >= 0.6 is 0 Å². The monoisotopic (exact) mass is 537 g/mol. The van der Waals surface area contributed by atoms with Crippen molar-refractivity contribution in [3.8, 4) is 5.75 Å². The van der Waals surface area contributed by atoms with Gasteiger partial charge in [0.15, 0.2) is 5.84 Å². The second kappa shape index (κ2) is 13.0. The Labute approximate surface area is 217 Å². The summed E-state index contributed by atoms with van der Waals surface area (Å²) >= 11 is 0. The van der Waals surface area contributed by atoms with Gasteiger partial charge in [0.2, 0.25) is 0 Å². The molecule has 0 unspecified atom stereocenters. The highest BCUT2D eigenvalue weighted by Gasteiger charge is 2.30. The summed E-state index contributed by atoms with van der Waals surface area (Å²) < 4.78 is 57.3. The highest BCUT2D eigenvalue weighted by Crippen LogP contribution is 2.31. The van der Waals surface area contributed by atoms with Crippen LogP contribution in [0.3, 0.4) is 0 Å². The topological polar surface area (TPSA) is 131 Å². The van der Waals surface area contributed by atoms with Gasteiger partial charge < -0.3 is 21.0 Å². The molecule has 6 N–H and O–H groups in total. The zero-order valence-electron chi connectivity index (χ0n) is 20.9. The average Bonchev–Trinajstić information content (AvgIpc) is 3.60. The molecule has 9 nitrogen and oxygen atoms in total. The van der Waals surface area contributed by atoms with Crippen molar-refractivity contribution in [1.29, 1.82) is 5.41 Å². The lowest BCUT2D eigenvalue weighted by Gasteiger charge is -2.19. The van der Waals surface area contributed by atoms with E-state index in [1.807, 2.05) is 11.2 Å². The number of aliphatic hydroxyl groups excluding tert-OH is 1. The number of unbranched alkanes of at least 4 members (excludes halogenated alkanes) is 2. The Morgan fingerprint density at radius 2 is 2.08 bits per heavy atom. The van der Waals surface area contributed by atoms with E-state index in [2.05, 4.69) is 21.1 Å². The first-order chi connectivity index (χ1) is 18.2. The molecule has 0 bridgehead atoms. The predicted octanol–water partition coefficient (Wildman–Crippen LogP) is 5.38. The van der Waals surface area contributed by atoms with E-state index >= 15 is 4.39 Å². The molecule has 0 radical (unpaired) electrons. The molecule has 13 heteroatoms. The van der Waals surface area contributed by atoms with E-state index in [0.29, 0.717) is 42.1 Å². The first-order valence-electron chi connectivity index (χ1n) is 12.1. The molecule has 1 heterocycles. The number of hydrogen-bond acceptors (Lipinski definition) is 7. The minimum absolute atomic E-state index is 0.00244. The number of nitrogens with one attached hydrogen (secondary N) is 3. The van der Waals surface area contributed by atoms with Crippen molar-refractivity contribution in [2.45, 2.75) is 50.7 Å². The number of nitrogens with zero attached hydrogens (tertiary/aromatic N) is 3. The second-order valence-corrected chi connectivity index (χ2v) is 8.72. The van der Waals surface area contributed by atoms with Crippen molar-refractivity contribution in [2.24, 2.45) is 16.2 Å². The van der Waals surface area contributed by atoms with E-state index in [4.69, 9.17) is 16.0 Å². The van der Waals surface area contributed by atoms with Gasteiger partial charge in [0.05, 0.1) is 24.1 Å². The Morgan fingerprint density at radius 1 is 1.32 bits per heavy atom. The maximum Gasteiger partial charge on any atom is 0.389 e. The van der Waals surface area contributed by atoms with Crippen LogP contribution in [0.15, 0.2) is 70.0 Å². The van der Waals surface area contributed by atoms with Gasteiger partial charge in [-0.05, 0) is 56.4 Å². The molecular weight excluding hydrogens is 506 g/mol. The Bertz CT molecular complexity index is 1150. The normalized spacial score (nSPS) is 17.7. The van der Waals surface area contributed by atoms with E-state index in [-0.39, 0.29) is 29.9 Å². The number of halogens is 4. The molecule has 0 saturated heterocycles. The molecule has 1 aliphatic carbocycles. The van der Waals surface area contributed by atoms with Crippen LogP contribution in [0, 0.1) is 11.2 Å². The smallest absolute Gasteiger partial charge is 0.389 e.